The topological polar surface area (TPSA) is 71.1 Å². The third kappa shape index (κ3) is 5.37. The monoisotopic (exact) mass is 397 g/mol. The molecule has 5 nitrogen and oxygen atoms in total. The van der Waals surface area contributed by atoms with Gasteiger partial charge in [0.1, 0.15) is 17.2 Å². The number of carbonyl (C=O) groups excluding carboxylic acids is 2. The van der Waals surface area contributed by atoms with Crippen molar-refractivity contribution in [1.29, 1.82) is 0 Å². The number of amides is 2. The number of benzene rings is 2. The second-order valence-electron chi connectivity index (χ2n) is 6.01. The summed E-state index contributed by atoms with van der Waals surface area (Å²) < 4.78 is 13.2. The summed E-state index contributed by atoms with van der Waals surface area (Å²) in [6.07, 6.45) is 0.617. The van der Waals surface area contributed by atoms with Gasteiger partial charge in [-0.2, -0.15) is 0 Å². The van der Waals surface area contributed by atoms with Crippen molar-refractivity contribution >= 4 is 29.1 Å². The molecule has 7 heteroatoms. The van der Waals surface area contributed by atoms with E-state index in [0.717, 1.165) is 5.56 Å². The van der Waals surface area contributed by atoms with Gasteiger partial charge < -0.3 is 10.6 Å². The zero-order valence-electron chi connectivity index (χ0n) is 14.8. The summed E-state index contributed by atoms with van der Waals surface area (Å²) >= 11 is 5.94. The second-order valence-corrected chi connectivity index (χ2v) is 6.44. The highest BCUT2D eigenvalue weighted by Gasteiger charge is 2.12. The highest BCUT2D eigenvalue weighted by Crippen LogP contribution is 2.12. The van der Waals surface area contributed by atoms with Gasteiger partial charge in [0.05, 0.1) is 0 Å². The standard InChI is InChI=1S/C21H17ClFN3O2/c22-15-5-1-4-14(12-15)10-11-24-20(27)18-8-3-9-19(26-18)21(28)25-17-7-2-6-16(23)13-17/h1-9,12-13H,10-11H2,(H,24,27)(H,25,28). The van der Waals surface area contributed by atoms with Crippen molar-refractivity contribution in [3.63, 3.8) is 0 Å². The number of aromatic nitrogens is 1. The maximum atomic E-state index is 13.2. The number of anilines is 1. The molecule has 0 saturated carbocycles. The van der Waals surface area contributed by atoms with Gasteiger partial charge in [-0.1, -0.05) is 35.9 Å². The van der Waals surface area contributed by atoms with Crippen LogP contribution < -0.4 is 10.6 Å². The zero-order valence-corrected chi connectivity index (χ0v) is 15.5. The predicted octanol–water partition coefficient (Wildman–Crippen LogP) is 4.10. The van der Waals surface area contributed by atoms with Crippen LogP contribution in [0.1, 0.15) is 26.5 Å². The SMILES string of the molecule is O=C(NCCc1cccc(Cl)c1)c1cccc(C(=O)Nc2cccc(F)c2)n1. The quantitative estimate of drug-likeness (QED) is 0.657. The number of carbonyl (C=O) groups is 2. The van der Waals surface area contributed by atoms with E-state index in [9.17, 15) is 14.0 Å². The van der Waals surface area contributed by atoms with Gasteiger partial charge >= 0.3 is 0 Å². The van der Waals surface area contributed by atoms with E-state index in [0.29, 0.717) is 23.7 Å². The van der Waals surface area contributed by atoms with Crippen molar-refractivity contribution in [1.82, 2.24) is 10.3 Å². The summed E-state index contributed by atoms with van der Waals surface area (Å²) in [4.78, 5) is 28.7. The van der Waals surface area contributed by atoms with E-state index in [2.05, 4.69) is 15.6 Å². The van der Waals surface area contributed by atoms with E-state index in [4.69, 9.17) is 11.6 Å². The Labute approximate surface area is 166 Å². The van der Waals surface area contributed by atoms with Crippen LogP contribution in [0.5, 0.6) is 0 Å². The van der Waals surface area contributed by atoms with Gasteiger partial charge in [0.15, 0.2) is 0 Å². The van der Waals surface area contributed by atoms with Gasteiger partial charge in [-0.3, -0.25) is 9.59 Å². The van der Waals surface area contributed by atoms with Gasteiger partial charge in [-0.05, 0) is 54.4 Å². The molecule has 0 bridgehead atoms. The van der Waals surface area contributed by atoms with E-state index in [-0.39, 0.29) is 17.3 Å². The molecule has 2 amide bonds. The molecule has 0 aliphatic carbocycles. The first-order valence-corrected chi connectivity index (χ1v) is 8.96. The second kappa shape index (κ2) is 9.10. The van der Waals surface area contributed by atoms with E-state index in [1.807, 2.05) is 18.2 Å². The molecular formula is C21H17ClFN3O2. The van der Waals surface area contributed by atoms with Crippen molar-refractivity contribution < 1.29 is 14.0 Å². The lowest BCUT2D eigenvalue weighted by molar-refractivity contribution is 0.0949. The summed E-state index contributed by atoms with van der Waals surface area (Å²) in [5, 5.41) is 5.96. The highest BCUT2D eigenvalue weighted by molar-refractivity contribution is 6.30. The van der Waals surface area contributed by atoms with Gasteiger partial charge in [-0.25, -0.2) is 9.37 Å². The van der Waals surface area contributed by atoms with E-state index < -0.39 is 11.7 Å². The van der Waals surface area contributed by atoms with Gasteiger partial charge in [0.2, 0.25) is 0 Å². The number of pyridine rings is 1. The minimum absolute atomic E-state index is 0.0618. The van der Waals surface area contributed by atoms with Crippen molar-refractivity contribution in [2.75, 3.05) is 11.9 Å². The van der Waals surface area contributed by atoms with Gasteiger partial charge in [-0.15, -0.1) is 0 Å². The summed E-state index contributed by atoms with van der Waals surface area (Å²) in [5.74, 6) is -1.37. The molecule has 3 aromatic rings. The average Bonchev–Trinajstić information content (AvgIpc) is 2.68. The fourth-order valence-electron chi connectivity index (χ4n) is 2.55. The predicted molar refractivity (Wildman–Crippen MR) is 106 cm³/mol. The van der Waals surface area contributed by atoms with Gasteiger partial charge in [0.25, 0.3) is 11.8 Å². The van der Waals surface area contributed by atoms with Crippen molar-refractivity contribution in [3.05, 3.63) is 94.5 Å². The van der Waals surface area contributed by atoms with Gasteiger partial charge in [0, 0.05) is 17.3 Å². The first kappa shape index (κ1) is 19.5. The van der Waals surface area contributed by atoms with E-state index in [1.165, 1.54) is 30.3 Å². The molecule has 0 aliphatic heterocycles. The summed E-state index contributed by atoms with van der Waals surface area (Å²) in [7, 11) is 0. The van der Waals surface area contributed by atoms with Crippen LogP contribution in [0.4, 0.5) is 10.1 Å². The third-order valence-electron chi connectivity index (χ3n) is 3.89. The Morgan fingerprint density at radius 2 is 1.64 bits per heavy atom. The fraction of sp³-hybridized carbons (Fsp3) is 0.0952. The molecule has 0 fully saturated rings. The Morgan fingerprint density at radius 3 is 2.39 bits per heavy atom. The molecule has 1 aromatic heterocycles. The van der Waals surface area contributed by atoms with E-state index >= 15 is 0 Å². The Kier molecular flexibility index (Phi) is 6.34. The van der Waals surface area contributed by atoms with E-state index in [1.54, 1.807) is 18.2 Å². The smallest absolute Gasteiger partial charge is 0.274 e. The summed E-state index contributed by atoms with van der Waals surface area (Å²) in [5.41, 5.74) is 1.50. The number of hydrogen-bond acceptors (Lipinski definition) is 3. The molecule has 28 heavy (non-hydrogen) atoms. The number of nitrogens with one attached hydrogen (secondary N) is 2. The molecule has 0 unspecified atom stereocenters. The molecule has 142 valence electrons. The van der Waals surface area contributed by atoms with Crippen LogP contribution in [0.3, 0.4) is 0 Å². The zero-order chi connectivity index (χ0) is 19.9. The minimum atomic E-state index is -0.529. The molecule has 1 heterocycles. The van der Waals surface area contributed by atoms with Crippen molar-refractivity contribution in [3.8, 4) is 0 Å². The number of nitrogens with zero attached hydrogens (tertiary/aromatic N) is 1. The molecule has 3 rings (SSSR count). The normalized spacial score (nSPS) is 10.4. The molecule has 2 N–H and O–H groups in total. The Hall–Kier alpha value is -3.25. The lowest BCUT2D eigenvalue weighted by Crippen LogP contribution is -2.27. The van der Waals surface area contributed by atoms with Crippen LogP contribution in [-0.2, 0) is 6.42 Å². The first-order valence-electron chi connectivity index (χ1n) is 8.58. The molecule has 0 atom stereocenters. The molecule has 0 radical (unpaired) electrons. The van der Waals surface area contributed by atoms with Crippen LogP contribution in [-0.4, -0.2) is 23.3 Å². The van der Waals surface area contributed by atoms with Crippen LogP contribution >= 0.6 is 11.6 Å². The molecule has 0 spiro atoms. The maximum Gasteiger partial charge on any atom is 0.274 e. The van der Waals surface area contributed by atoms with Crippen molar-refractivity contribution in [2.24, 2.45) is 0 Å². The number of hydrogen-bond donors (Lipinski definition) is 2. The third-order valence-corrected chi connectivity index (χ3v) is 4.12. The Bertz CT molecular complexity index is 1010. The first-order chi connectivity index (χ1) is 13.5. The molecular weight excluding hydrogens is 381 g/mol. The fourth-order valence-corrected chi connectivity index (χ4v) is 2.77. The number of rotatable bonds is 6. The van der Waals surface area contributed by atoms with Crippen LogP contribution in [0.15, 0.2) is 66.7 Å². The molecule has 2 aromatic carbocycles. The average molecular weight is 398 g/mol. The largest absolute Gasteiger partial charge is 0.350 e. The van der Waals surface area contributed by atoms with Crippen molar-refractivity contribution in [2.45, 2.75) is 6.42 Å². The summed E-state index contributed by atoms with van der Waals surface area (Å²) in [6, 6.07) is 17.5. The number of halogens is 2. The Morgan fingerprint density at radius 1 is 0.929 bits per heavy atom. The maximum absolute atomic E-state index is 13.2. The molecule has 0 aliphatic rings. The van der Waals surface area contributed by atoms with Crippen LogP contribution in [0, 0.1) is 5.82 Å². The minimum Gasteiger partial charge on any atom is -0.350 e. The lowest BCUT2D eigenvalue weighted by Gasteiger charge is -2.08. The van der Waals surface area contributed by atoms with Crippen LogP contribution in [0.2, 0.25) is 5.02 Å². The molecule has 0 saturated heterocycles. The highest BCUT2D eigenvalue weighted by atomic mass is 35.5. The lowest BCUT2D eigenvalue weighted by atomic mass is 10.1. The Balaban J connectivity index is 1.60. The summed E-state index contributed by atoms with van der Waals surface area (Å²) in [6.45, 7) is 0.403. The van der Waals surface area contributed by atoms with Crippen LogP contribution in [0.25, 0.3) is 0 Å².